The van der Waals surface area contributed by atoms with Gasteiger partial charge in [-0.15, -0.1) is 5.10 Å². The largest absolute Gasteiger partial charge is 0.369 e. The highest BCUT2D eigenvalue weighted by Gasteiger charge is 1.98. The highest BCUT2D eigenvalue weighted by molar-refractivity contribution is 5.83. The second-order valence-electron chi connectivity index (χ2n) is 4.45. The summed E-state index contributed by atoms with van der Waals surface area (Å²) in [6.07, 6.45) is 2.68. The first-order chi connectivity index (χ1) is 9.69. The minimum atomic E-state index is -0.0486. The summed E-state index contributed by atoms with van der Waals surface area (Å²) in [6, 6.07) is 16.6. The van der Waals surface area contributed by atoms with Crippen molar-refractivity contribution in [2.45, 2.75) is 13.3 Å². The number of guanidine groups is 1. The van der Waals surface area contributed by atoms with Gasteiger partial charge in [-0.25, -0.2) is 0 Å². The van der Waals surface area contributed by atoms with E-state index in [9.17, 15) is 0 Å². The number of aryl methyl sites for hydroxylation is 1. The van der Waals surface area contributed by atoms with E-state index < -0.39 is 0 Å². The van der Waals surface area contributed by atoms with Crippen LogP contribution in [0.25, 0.3) is 11.1 Å². The van der Waals surface area contributed by atoms with E-state index in [1.807, 2.05) is 18.2 Å². The van der Waals surface area contributed by atoms with Crippen molar-refractivity contribution in [3.63, 3.8) is 0 Å². The highest BCUT2D eigenvalue weighted by atomic mass is 15.3. The van der Waals surface area contributed by atoms with Crippen LogP contribution in [0.2, 0.25) is 0 Å². The Labute approximate surface area is 118 Å². The molecule has 2 aromatic carbocycles. The molecule has 2 aromatic rings. The predicted octanol–water partition coefficient (Wildman–Crippen LogP) is 2.52. The fourth-order valence-electron chi connectivity index (χ4n) is 1.89. The van der Waals surface area contributed by atoms with E-state index in [1.54, 1.807) is 6.21 Å². The molecule has 0 saturated heterocycles. The fraction of sp³-hybridized carbons (Fsp3) is 0.125. The lowest BCUT2D eigenvalue weighted by Crippen LogP contribution is -2.21. The first kappa shape index (κ1) is 13.8. The minimum Gasteiger partial charge on any atom is -0.369 e. The molecule has 0 atom stereocenters. The molecule has 0 bridgehead atoms. The third kappa shape index (κ3) is 3.68. The summed E-state index contributed by atoms with van der Waals surface area (Å²) in [6.45, 7) is 2.15. The molecule has 0 heterocycles. The van der Waals surface area contributed by atoms with E-state index in [2.05, 4.69) is 47.5 Å². The summed E-state index contributed by atoms with van der Waals surface area (Å²) in [5.41, 5.74) is 15.0. The number of benzene rings is 2. The molecule has 0 amide bonds. The van der Waals surface area contributed by atoms with Crippen LogP contribution in [0.1, 0.15) is 18.1 Å². The summed E-state index contributed by atoms with van der Waals surface area (Å²) >= 11 is 0. The van der Waals surface area contributed by atoms with Gasteiger partial charge in [0.1, 0.15) is 0 Å². The number of nitrogens with zero attached hydrogens (tertiary/aromatic N) is 2. The lowest BCUT2D eigenvalue weighted by molar-refractivity contribution is 1.14. The molecule has 0 radical (unpaired) electrons. The van der Waals surface area contributed by atoms with Crippen LogP contribution in [0.4, 0.5) is 0 Å². The van der Waals surface area contributed by atoms with E-state index in [0.717, 1.165) is 17.5 Å². The molecule has 0 saturated carbocycles. The van der Waals surface area contributed by atoms with Crippen molar-refractivity contribution < 1.29 is 0 Å². The lowest BCUT2D eigenvalue weighted by Gasteiger charge is -2.04. The van der Waals surface area contributed by atoms with E-state index >= 15 is 0 Å². The predicted molar refractivity (Wildman–Crippen MR) is 84.7 cm³/mol. The summed E-state index contributed by atoms with van der Waals surface area (Å²) < 4.78 is 0. The van der Waals surface area contributed by atoms with Crippen LogP contribution in [0.5, 0.6) is 0 Å². The molecule has 0 aliphatic carbocycles. The number of hydrogen-bond donors (Lipinski definition) is 2. The van der Waals surface area contributed by atoms with Gasteiger partial charge in [0.15, 0.2) is 0 Å². The fourth-order valence-corrected chi connectivity index (χ4v) is 1.89. The standard InChI is InChI=1S/C16H18N4/c1-2-12-6-8-14(9-7-12)15-5-3-4-13(10-15)11-19-20-16(17)18/h3-11H,2H2,1H3,(H4,17,18,20). The Hall–Kier alpha value is -2.62. The monoisotopic (exact) mass is 266 g/mol. The molecule has 4 nitrogen and oxygen atoms in total. The van der Waals surface area contributed by atoms with Crippen LogP contribution in [0.15, 0.2) is 58.7 Å². The van der Waals surface area contributed by atoms with E-state index in [0.29, 0.717) is 0 Å². The van der Waals surface area contributed by atoms with Crippen molar-refractivity contribution >= 4 is 12.2 Å². The van der Waals surface area contributed by atoms with Crippen molar-refractivity contribution in [2.75, 3.05) is 0 Å². The summed E-state index contributed by atoms with van der Waals surface area (Å²) in [5.74, 6) is -0.0486. The van der Waals surface area contributed by atoms with Crippen LogP contribution in [-0.4, -0.2) is 12.2 Å². The van der Waals surface area contributed by atoms with Crippen molar-refractivity contribution in [1.82, 2.24) is 0 Å². The Bertz CT molecular complexity index is 623. The number of nitrogens with two attached hydrogens (primary N) is 2. The van der Waals surface area contributed by atoms with Crippen LogP contribution in [-0.2, 0) is 6.42 Å². The molecule has 4 N–H and O–H groups in total. The smallest absolute Gasteiger partial charge is 0.211 e. The Morgan fingerprint density at radius 2 is 1.80 bits per heavy atom. The third-order valence-electron chi connectivity index (χ3n) is 2.96. The van der Waals surface area contributed by atoms with Crippen molar-refractivity contribution in [3.05, 3.63) is 59.7 Å². The van der Waals surface area contributed by atoms with Crippen LogP contribution < -0.4 is 11.5 Å². The highest BCUT2D eigenvalue weighted by Crippen LogP contribution is 2.20. The van der Waals surface area contributed by atoms with Gasteiger partial charge in [-0.2, -0.15) is 5.10 Å². The third-order valence-corrected chi connectivity index (χ3v) is 2.96. The zero-order valence-electron chi connectivity index (χ0n) is 11.5. The first-order valence-corrected chi connectivity index (χ1v) is 6.50. The average molecular weight is 266 g/mol. The quantitative estimate of drug-likeness (QED) is 0.507. The number of rotatable bonds is 4. The Balaban J connectivity index is 2.24. The van der Waals surface area contributed by atoms with Crippen molar-refractivity contribution in [3.8, 4) is 11.1 Å². The maximum absolute atomic E-state index is 5.22. The molecule has 102 valence electrons. The molecule has 0 unspecified atom stereocenters. The molecule has 0 aliphatic heterocycles. The van der Waals surface area contributed by atoms with Gasteiger partial charge in [-0.05, 0) is 34.7 Å². The maximum atomic E-state index is 5.22. The van der Waals surface area contributed by atoms with Crippen LogP contribution in [0.3, 0.4) is 0 Å². The SMILES string of the molecule is CCc1ccc(-c2cccc(C=NN=C(N)N)c2)cc1. The van der Waals surface area contributed by atoms with Gasteiger partial charge in [-0.1, -0.05) is 49.4 Å². The second kappa shape index (κ2) is 6.52. The molecule has 20 heavy (non-hydrogen) atoms. The molecule has 0 aliphatic rings. The summed E-state index contributed by atoms with van der Waals surface area (Å²) in [7, 11) is 0. The summed E-state index contributed by atoms with van der Waals surface area (Å²) in [5, 5.41) is 7.40. The normalized spacial score (nSPS) is 10.7. The van der Waals surface area contributed by atoms with Gasteiger partial charge in [0.05, 0.1) is 6.21 Å². The van der Waals surface area contributed by atoms with Gasteiger partial charge in [0, 0.05) is 0 Å². The average Bonchev–Trinajstić information content (AvgIpc) is 2.47. The zero-order chi connectivity index (χ0) is 14.4. The maximum Gasteiger partial charge on any atom is 0.211 e. The molecular formula is C16H18N4. The Morgan fingerprint density at radius 1 is 1.05 bits per heavy atom. The van der Waals surface area contributed by atoms with Gasteiger partial charge in [0.2, 0.25) is 5.96 Å². The molecule has 0 spiro atoms. The zero-order valence-corrected chi connectivity index (χ0v) is 11.5. The topological polar surface area (TPSA) is 76.8 Å². The molecule has 0 aromatic heterocycles. The Morgan fingerprint density at radius 3 is 2.45 bits per heavy atom. The first-order valence-electron chi connectivity index (χ1n) is 6.50. The number of hydrogen-bond acceptors (Lipinski definition) is 2. The van der Waals surface area contributed by atoms with Crippen LogP contribution in [0, 0.1) is 0 Å². The molecule has 2 rings (SSSR count). The molecular weight excluding hydrogens is 248 g/mol. The van der Waals surface area contributed by atoms with Gasteiger partial charge in [-0.3, -0.25) is 0 Å². The molecule has 0 fully saturated rings. The van der Waals surface area contributed by atoms with Crippen LogP contribution >= 0.6 is 0 Å². The van der Waals surface area contributed by atoms with E-state index in [4.69, 9.17) is 11.5 Å². The Kier molecular flexibility index (Phi) is 4.50. The summed E-state index contributed by atoms with van der Waals surface area (Å²) in [4.78, 5) is 0. The minimum absolute atomic E-state index is 0.0486. The lowest BCUT2D eigenvalue weighted by atomic mass is 10.0. The van der Waals surface area contributed by atoms with E-state index in [1.165, 1.54) is 11.1 Å². The van der Waals surface area contributed by atoms with Crippen molar-refractivity contribution in [2.24, 2.45) is 21.7 Å². The second-order valence-corrected chi connectivity index (χ2v) is 4.45. The van der Waals surface area contributed by atoms with E-state index in [-0.39, 0.29) is 5.96 Å². The van der Waals surface area contributed by atoms with Gasteiger partial charge >= 0.3 is 0 Å². The van der Waals surface area contributed by atoms with Crippen molar-refractivity contribution in [1.29, 1.82) is 0 Å². The van der Waals surface area contributed by atoms with Gasteiger partial charge < -0.3 is 11.5 Å². The molecule has 4 heteroatoms. The van der Waals surface area contributed by atoms with Gasteiger partial charge in [0.25, 0.3) is 0 Å².